The molecular formula is C14H25N3O4. The van der Waals surface area contributed by atoms with E-state index in [1.165, 1.54) is 0 Å². The molecule has 0 aromatic carbocycles. The maximum absolute atomic E-state index is 11.7. The maximum atomic E-state index is 11.7. The van der Waals surface area contributed by atoms with Crippen LogP contribution in [0.15, 0.2) is 0 Å². The fourth-order valence-corrected chi connectivity index (χ4v) is 2.44. The van der Waals surface area contributed by atoms with Gasteiger partial charge in [-0.15, -0.1) is 0 Å². The summed E-state index contributed by atoms with van der Waals surface area (Å²) in [6, 6.07) is -0.763. The number of rotatable bonds is 8. The Morgan fingerprint density at radius 2 is 2.14 bits per heavy atom. The molecule has 1 aliphatic heterocycles. The Labute approximate surface area is 125 Å². The minimum absolute atomic E-state index is 0.0574. The van der Waals surface area contributed by atoms with Gasteiger partial charge < -0.3 is 20.6 Å². The second-order valence-electron chi connectivity index (χ2n) is 5.50. The van der Waals surface area contributed by atoms with E-state index in [-0.39, 0.29) is 18.4 Å². The molecular weight excluding hydrogens is 274 g/mol. The molecule has 0 spiro atoms. The topological polar surface area (TPSA) is 98.7 Å². The third-order valence-corrected chi connectivity index (χ3v) is 3.91. The smallest absolute Gasteiger partial charge is 0.315 e. The van der Waals surface area contributed by atoms with Crippen LogP contribution in [-0.4, -0.2) is 54.1 Å². The zero-order valence-corrected chi connectivity index (χ0v) is 12.7. The fourth-order valence-electron chi connectivity index (χ4n) is 2.44. The van der Waals surface area contributed by atoms with E-state index < -0.39 is 12.0 Å². The van der Waals surface area contributed by atoms with Gasteiger partial charge in [0, 0.05) is 26.6 Å². The van der Waals surface area contributed by atoms with Crippen LogP contribution in [0.1, 0.15) is 39.0 Å². The Balaban J connectivity index is 2.20. The number of carbonyl (C=O) groups is 3. The van der Waals surface area contributed by atoms with E-state index >= 15 is 0 Å². The lowest BCUT2D eigenvalue weighted by Gasteiger charge is -2.16. The number of carboxylic acid groups (broad SMARTS) is 1. The molecule has 3 amide bonds. The van der Waals surface area contributed by atoms with Gasteiger partial charge in [0.15, 0.2) is 0 Å². The van der Waals surface area contributed by atoms with Crippen LogP contribution >= 0.6 is 0 Å². The Morgan fingerprint density at radius 3 is 2.67 bits per heavy atom. The molecule has 0 saturated carbocycles. The molecule has 120 valence electrons. The van der Waals surface area contributed by atoms with Crippen LogP contribution in [-0.2, 0) is 9.59 Å². The average molecular weight is 299 g/mol. The van der Waals surface area contributed by atoms with E-state index in [1.54, 1.807) is 11.9 Å². The molecule has 2 atom stereocenters. The normalized spacial score (nSPS) is 19.4. The van der Waals surface area contributed by atoms with Gasteiger partial charge in [0.1, 0.15) is 6.04 Å². The first-order chi connectivity index (χ1) is 9.93. The summed E-state index contributed by atoms with van der Waals surface area (Å²) in [4.78, 5) is 35.5. The minimum atomic E-state index is -0.789. The molecule has 1 saturated heterocycles. The Morgan fingerprint density at radius 1 is 1.43 bits per heavy atom. The standard InChI is InChI=1S/C14H25N3O4/c1-3-10(4-5-12(18)19)6-8-15-14(21)16-11-7-9-17(2)13(11)20/h10-11H,3-9H2,1-2H3,(H,18,19)(H2,15,16,21). The van der Waals surface area contributed by atoms with Gasteiger partial charge in [-0.1, -0.05) is 13.3 Å². The van der Waals surface area contributed by atoms with Gasteiger partial charge in [-0.2, -0.15) is 0 Å². The second-order valence-corrected chi connectivity index (χ2v) is 5.50. The highest BCUT2D eigenvalue weighted by Crippen LogP contribution is 2.14. The molecule has 1 aliphatic rings. The van der Waals surface area contributed by atoms with Crippen molar-refractivity contribution in [2.24, 2.45) is 5.92 Å². The predicted molar refractivity (Wildman–Crippen MR) is 77.8 cm³/mol. The van der Waals surface area contributed by atoms with Gasteiger partial charge >= 0.3 is 12.0 Å². The lowest BCUT2D eigenvalue weighted by molar-refractivity contribution is -0.137. The lowest BCUT2D eigenvalue weighted by atomic mass is 9.97. The van der Waals surface area contributed by atoms with Crippen molar-refractivity contribution in [2.45, 2.75) is 45.1 Å². The first kappa shape index (κ1) is 17.3. The van der Waals surface area contributed by atoms with E-state index in [0.717, 1.165) is 12.8 Å². The summed E-state index contributed by atoms with van der Waals surface area (Å²) in [5.41, 5.74) is 0. The molecule has 1 rings (SSSR count). The van der Waals surface area contributed by atoms with E-state index in [1.807, 2.05) is 6.92 Å². The Kier molecular flexibility index (Phi) is 6.98. The summed E-state index contributed by atoms with van der Waals surface area (Å²) in [7, 11) is 1.72. The summed E-state index contributed by atoms with van der Waals surface area (Å²) >= 11 is 0. The molecule has 0 bridgehead atoms. The molecule has 0 aromatic heterocycles. The largest absolute Gasteiger partial charge is 0.481 e. The van der Waals surface area contributed by atoms with Crippen molar-refractivity contribution < 1.29 is 19.5 Å². The monoisotopic (exact) mass is 299 g/mol. The van der Waals surface area contributed by atoms with Crippen LogP contribution in [0.3, 0.4) is 0 Å². The highest BCUT2D eigenvalue weighted by molar-refractivity contribution is 5.88. The predicted octanol–water partition coefficient (Wildman–Crippen LogP) is 0.797. The third-order valence-electron chi connectivity index (χ3n) is 3.91. The van der Waals surface area contributed by atoms with Gasteiger partial charge in [0.25, 0.3) is 0 Å². The third kappa shape index (κ3) is 6.01. The summed E-state index contributed by atoms with van der Waals surface area (Å²) in [6.07, 6.45) is 3.06. The molecule has 7 heteroatoms. The number of hydrogen-bond acceptors (Lipinski definition) is 3. The number of carbonyl (C=O) groups excluding carboxylic acids is 2. The molecule has 0 aromatic rings. The van der Waals surface area contributed by atoms with Crippen LogP contribution in [0, 0.1) is 5.92 Å². The number of urea groups is 1. The lowest BCUT2D eigenvalue weighted by Crippen LogP contribution is -2.46. The van der Waals surface area contributed by atoms with E-state index in [0.29, 0.717) is 31.8 Å². The Hall–Kier alpha value is -1.79. The first-order valence-electron chi connectivity index (χ1n) is 7.45. The highest BCUT2D eigenvalue weighted by Gasteiger charge is 2.29. The number of carboxylic acids is 1. The minimum Gasteiger partial charge on any atom is -0.481 e. The molecule has 1 fully saturated rings. The van der Waals surface area contributed by atoms with Gasteiger partial charge in [0.2, 0.25) is 5.91 Å². The number of hydrogen-bond donors (Lipinski definition) is 3. The number of nitrogens with one attached hydrogen (secondary N) is 2. The number of likely N-dealkylation sites (N-methyl/N-ethyl adjacent to an activating group) is 1. The fraction of sp³-hybridized carbons (Fsp3) is 0.786. The second kappa shape index (κ2) is 8.49. The molecule has 3 N–H and O–H groups in total. The van der Waals surface area contributed by atoms with Crippen molar-refractivity contribution in [2.75, 3.05) is 20.1 Å². The van der Waals surface area contributed by atoms with Crippen molar-refractivity contribution in [3.8, 4) is 0 Å². The van der Waals surface area contributed by atoms with Crippen molar-refractivity contribution in [1.82, 2.24) is 15.5 Å². The zero-order chi connectivity index (χ0) is 15.8. The van der Waals surface area contributed by atoms with Crippen LogP contribution < -0.4 is 10.6 Å². The molecule has 0 aliphatic carbocycles. The van der Waals surface area contributed by atoms with Gasteiger partial charge in [-0.25, -0.2) is 4.79 Å². The zero-order valence-electron chi connectivity index (χ0n) is 12.7. The van der Waals surface area contributed by atoms with E-state index in [9.17, 15) is 14.4 Å². The molecule has 7 nitrogen and oxygen atoms in total. The Bertz CT molecular complexity index is 386. The van der Waals surface area contributed by atoms with Crippen molar-refractivity contribution in [3.05, 3.63) is 0 Å². The van der Waals surface area contributed by atoms with Gasteiger partial charge in [-0.3, -0.25) is 9.59 Å². The van der Waals surface area contributed by atoms with E-state index in [2.05, 4.69) is 10.6 Å². The summed E-state index contributed by atoms with van der Waals surface area (Å²) in [5, 5.41) is 14.1. The average Bonchev–Trinajstić information content (AvgIpc) is 2.74. The summed E-state index contributed by atoms with van der Waals surface area (Å²) in [5.74, 6) is -0.554. The highest BCUT2D eigenvalue weighted by atomic mass is 16.4. The molecule has 0 radical (unpaired) electrons. The first-order valence-corrected chi connectivity index (χ1v) is 7.45. The number of nitrogens with zero attached hydrogens (tertiary/aromatic N) is 1. The van der Waals surface area contributed by atoms with Crippen molar-refractivity contribution >= 4 is 17.9 Å². The number of amides is 3. The quantitative estimate of drug-likeness (QED) is 0.617. The van der Waals surface area contributed by atoms with Crippen LogP contribution in [0.2, 0.25) is 0 Å². The number of aliphatic carboxylic acids is 1. The van der Waals surface area contributed by atoms with Crippen LogP contribution in [0.25, 0.3) is 0 Å². The molecule has 1 heterocycles. The summed E-state index contributed by atoms with van der Waals surface area (Å²) in [6.45, 7) is 3.16. The maximum Gasteiger partial charge on any atom is 0.315 e. The van der Waals surface area contributed by atoms with Crippen LogP contribution in [0.4, 0.5) is 4.79 Å². The van der Waals surface area contributed by atoms with Crippen molar-refractivity contribution in [1.29, 1.82) is 0 Å². The molecule has 21 heavy (non-hydrogen) atoms. The SMILES string of the molecule is CCC(CCNC(=O)NC1CCN(C)C1=O)CCC(=O)O. The number of likely N-dealkylation sites (tertiary alicyclic amines) is 1. The van der Waals surface area contributed by atoms with Gasteiger partial charge in [0.05, 0.1) is 0 Å². The van der Waals surface area contributed by atoms with Gasteiger partial charge in [-0.05, 0) is 25.2 Å². The van der Waals surface area contributed by atoms with E-state index in [4.69, 9.17) is 5.11 Å². The van der Waals surface area contributed by atoms with Crippen LogP contribution in [0.5, 0.6) is 0 Å². The van der Waals surface area contributed by atoms with Crippen molar-refractivity contribution in [3.63, 3.8) is 0 Å². The molecule has 2 unspecified atom stereocenters. The summed E-state index contributed by atoms with van der Waals surface area (Å²) < 4.78 is 0.